The molecule has 12 heteroatoms. The molecule has 3 fully saturated rings. The minimum absolute atomic E-state index is 0.0266. The minimum Gasteiger partial charge on any atom is -0.402 e. The van der Waals surface area contributed by atoms with Gasteiger partial charge in [-0.2, -0.15) is 0 Å². The Morgan fingerprint density at radius 1 is 1.10 bits per heavy atom. The second-order valence-corrected chi connectivity index (χ2v) is 11.7. The minimum atomic E-state index is -4.76. The molecule has 3 aromatic rings. The van der Waals surface area contributed by atoms with Crippen molar-refractivity contribution < 1.29 is 22.6 Å². The summed E-state index contributed by atoms with van der Waals surface area (Å²) in [5.74, 6) is 2.06. The van der Waals surface area contributed by atoms with Gasteiger partial charge in [-0.05, 0) is 62.1 Å². The molecule has 0 unspecified atom stereocenters. The van der Waals surface area contributed by atoms with Gasteiger partial charge >= 0.3 is 6.36 Å². The zero-order valence-corrected chi connectivity index (χ0v) is 22.2. The van der Waals surface area contributed by atoms with Crippen molar-refractivity contribution in [3.8, 4) is 11.4 Å². The number of nitrogens with zero attached hydrogens (tertiary/aromatic N) is 6. The van der Waals surface area contributed by atoms with Gasteiger partial charge in [0, 0.05) is 54.3 Å². The molecule has 206 valence electrons. The number of fused-ring (bicyclic) bond motifs is 3. The van der Waals surface area contributed by atoms with E-state index < -0.39 is 6.36 Å². The SMILES string of the molecule is Cc1ccc(OC(F)(F)F)c(N2CC3(CC(c4nnc5n4-c4ccc(Cl)cc4CN([C@H]4CCOC4)C5)C3)C2)n1. The highest BCUT2D eigenvalue weighted by atomic mass is 35.5. The van der Waals surface area contributed by atoms with Crippen LogP contribution in [-0.2, 0) is 17.8 Å². The summed E-state index contributed by atoms with van der Waals surface area (Å²) in [7, 11) is 0. The number of alkyl halides is 3. The maximum Gasteiger partial charge on any atom is 0.573 e. The predicted octanol–water partition coefficient (Wildman–Crippen LogP) is 5.01. The molecule has 0 N–H and O–H groups in total. The lowest BCUT2D eigenvalue weighted by Crippen LogP contribution is -2.62. The second-order valence-electron chi connectivity index (χ2n) is 11.3. The van der Waals surface area contributed by atoms with E-state index in [-0.39, 0.29) is 22.9 Å². The Labute approximate surface area is 228 Å². The third kappa shape index (κ3) is 4.54. The first-order valence-electron chi connectivity index (χ1n) is 13.2. The van der Waals surface area contributed by atoms with Crippen molar-refractivity contribution in [2.45, 2.75) is 57.6 Å². The van der Waals surface area contributed by atoms with E-state index in [0.717, 1.165) is 55.3 Å². The molecule has 4 aliphatic rings. The molecular weight excluding hydrogens is 533 g/mol. The molecule has 8 nitrogen and oxygen atoms in total. The average molecular weight is 561 g/mol. The Balaban J connectivity index is 1.11. The van der Waals surface area contributed by atoms with Crippen LogP contribution in [0, 0.1) is 12.3 Å². The summed E-state index contributed by atoms with van der Waals surface area (Å²) in [6, 6.07) is 9.19. The molecular formula is C27H28ClF3N6O2. The van der Waals surface area contributed by atoms with Crippen molar-refractivity contribution in [2.24, 2.45) is 5.41 Å². The van der Waals surface area contributed by atoms with Gasteiger partial charge in [-0.3, -0.25) is 9.47 Å². The molecule has 39 heavy (non-hydrogen) atoms. The van der Waals surface area contributed by atoms with Crippen molar-refractivity contribution in [3.63, 3.8) is 0 Å². The van der Waals surface area contributed by atoms with Crippen LogP contribution in [0.4, 0.5) is 19.0 Å². The van der Waals surface area contributed by atoms with Crippen molar-refractivity contribution >= 4 is 17.4 Å². The van der Waals surface area contributed by atoms with Gasteiger partial charge in [0.1, 0.15) is 5.82 Å². The van der Waals surface area contributed by atoms with Crippen LogP contribution < -0.4 is 9.64 Å². The summed E-state index contributed by atoms with van der Waals surface area (Å²) in [6.45, 7) is 5.96. The van der Waals surface area contributed by atoms with Crippen LogP contribution in [0.5, 0.6) is 5.75 Å². The zero-order chi connectivity index (χ0) is 26.9. The molecule has 2 saturated heterocycles. The van der Waals surface area contributed by atoms with Crippen LogP contribution in [-0.4, -0.2) is 63.4 Å². The highest BCUT2D eigenvalue weighted by molar-refractivity contribution is 6.30. The molecule has 0 bridgehead atoms. The lowest BCUT2D eigenvalue weighted by atomic mass is 9.57. The molecule has 1 saturated carbocycles. The van der Waals surface area contributed by atoms with Crippen LogP contribution in [0.3, 0.4) is 0 Å². The molecule has 3 aliphatic heterocycles. The third-order valence-electron chi connectivity index (χ3n) is 8.46. The Kier molecular flexibility index (Phi) is 5.84. The average Bonchev–Trinajstić information content (AvgIpc) is 3.46. The molecule has 2 aromatic heterocycles. The number of aromatic nitrogens is 4. The second kappa shape index (κ2) is 9.07. The highest BCUT2D eigenvalue weighted by Gasteiger charge is 2.55. The van der Waals surface area contributed by atoms with Crippen molar-refractivity contribution in [1.82, 2.24) is 24.6 Å². The summed E-state index contributed by atoms with van der Waals surface area (Å²) in [4.78, 5) is 8.65. The van der Waals surface area contributed by atoms with E-state index in [1.54, 1.807) is 6.92 Å². The fourth-order valence-electron chi connectivity index (χ4n) is 6.68. The fourth-order valence-corrected chi connectivity index (χ4v) is 6.88. The van der Waals surface area contributed by atoms with Crippen LogP contribution in [0.25, 0.3) is 5.69 Å². The van der Waals surface area contributed by atoms with Gasteiger partial charge in [0.25, 0.3) is 0 Å². The quantitative estimate of drug-likeness (QED) is 0.444. The van der Waals surface area contributed by atoms with Crippen LogP contribution >= 0.6 is 11.6 Å². The van der Waals surface area contributed by atoms with E-state index in [1.165, 1.54) is 12.1 Å². The van der Waals surface area contributed by atoms with E-state index in [4.69, 9.17) is 16.3 Å². The Morgan fingerprint density at radius 3 is 2.67 bits per heavy atom. The van der Waals surface area contributed by atoms with Gasteiger partial charge in [-0.1, -0.05) is 11.6 Å². The number of hydrogen-bond acceptors (Lipinski definition) is 7. The normalized spacial score (nSPS) is 22.7. The van der Waals surface area contributed by atoms with Crippen molar-refractivity contribution in [2.75, 3.05) is 31.2 Å². The van der Waals surface area contributed by atoms with Crippen LogP contribution in [0.2, 0.25) is 5.02 Å². The molecule has 7 rings (SSSR count). The molecule has 0 amide bonds. The van der Waals surface area contributed by atoms with Gasteiger partial charge in [-0.15, -0.1) is 23.4 Å². The molecule has 0 radical (unpaired) electrons. The van der Waals surface area contributed by atoms with E-state index in [0.29, 0.717) is 43.0 Å². The maximum atomic E-state index is 13.0. The van der Waals surface area contributed by atoms with Crippen LogP contribution in [0.15, 0.2) is 30.3 Å². The van der Waals surface area contributed by atoms with Crippen LogP contribution in [0.1, 0.15) is 48.1 Å². The summed E-state index contributed by atoms with van der Waals surface area (Å²) >= 11 is 6.40. The lowest BCUT2D eigenvalue weighted by Gasteiger charge is -2.59. The molecule has 5 heterocycles. The number of aryl methyl sites for hydroxylation is 1. The van der Waals surface area contributed by atoms with E-state index in [1.807, 2.05) is 23.1 Å². The Bertz CT molecular complexity index is 1410. The number of rotatable bonds is 4. The largest absolute Gasteiger partial charge is 0.573 e. The first kappa shape index (κ1) is 25.1. The maximum absolute atomic E-state index is 13.0. The van der Waals surface area contributed by atoms with E-state index >= 15 is 0 Å². The van der Waals surface area contributed by atoms with Gasteiger partial charge in [0.15, 0.2) is 17.4 Å². The number of benzene rings is 1. The standard InChI is InChI=1S/C27H28ClF3N6O2/c1-16-2-5-22(39-27(29,30)31)25(32-16)36-14-26(15-36)9-18(10-26)24-34-33-23-12-35(20-6-7-38-13-20)11-17-8-19(28)3-4-21(17)37(23)24/h2-5,8,18,20H,6-7,9-15H2,1H3/t20-/m0/s1. The van der Waals surface area contributed by atoms with Gasteiger partial charge in [0.2, 0.25) is 0 Å². The third-order valence-corrected chi connectivity index (χ3v) is 8.69. The summed E-state index contributed by atoms with van der Waals surface area (Å²) < 4.78 is 51.0. The first-order chi connectivity index (χ1) is 18.7. The lowest BCUT2D eigenvalue weighted by molar-refractivity contribution is -0.274. The fraction of sp³-hybridized carbons (Fsp3) is 0.519. The number of halogens is 4. The number of pyridine rings is 1. The Morgan fingerprint density at radius 2 is 1.92 bits per heavy atom. The van der Waals surface area contributed by atoms with E-state index in [2.05, 4.69) is 29.4 Å². The zero-order valence-electron chi connectivity index (χ0n) is 21.4. The summed E-state index contributed by atoms with van der Waals surface area (Å²) in [5, 5.41) is 9.99. The predicted molar refractivity (Wildman–Crippen MR) is 137 cm³/mol. The first-order valence-corrected chi connectivity index (χ1v) is 13.6. The number of anilines is 1. The molecule has 1 aromatic carbocycles. The Hall–Kier alpha value is -2.89. The topological polar surface area (TPSA) is 68.5 Å². The molecule has 1 aliphatic carbocycles. The van der Waals surface area contributed by atoms with Gasteiger partial charge in [-0.25, -0.2) is 4.98 Å². The smallest absolute Gasteiger partial charge is 0.402 e. The number of ether oxygens (including phenoxy) is 2. The van der Waals surface area contributed by atoms with Crippen molar-refractivity contribution in [3.05, 3.63) is 58.3 Å². The number of hydrogen-bond donors (Lipinski definition) is 0. The van der Waals surface area contributed by atoms with Gasteiger partial charge in [0.05, 0.1) is 18.8 Å². The van der Waals surface area contributed by atoms with Crippen molar-refractivity contribution in [1.29, 1.82) is 0 Å². The van der Waals surface area contributed by atoms with E-state index in [9.17, 15) is 13.2 Å². The molecule has 1 spiro atoms. The molecule has 1 atom stereocenters. The van der Waals surface area contributed by atoms with Gasteiger partial charge < -0.3 is 14.4 Å². The summed E-state index contributed by atoms with van der Waals surface area (Å²) in [6.07, 6.45) is -1.98. The summed E-state index contributed by atoms with van der Waals surface area (Å²) in [5.41, 5.74) is 2.87. The monoisotopic (exact) mass is 560 g/mol. The highest BCUT2D eigenvalue weighted by Crippen LogP contribution is 2.57.